The molecule has 4 rings (SSSR count). The van der Waals surface area contributed by atoms with E-state index < -0.39 is 0 Å². The average molecular weight is 380 g/mol. The van der Waals surface area contributed by atoms with Crippen molar-refractivity contribution in [2.24, 2.45) is 4.99 Å². The number of aryl methyl sites for hydroxylation is 1. The first kappa shape index (κ1) is 18.2. The molecule has 0 saturated carbocycles. The SMILES string of the molecule is Cc1cccc(N=c2scc(-c3ccccc3)n2CCN2CCOCC2)c1. The number of aromatic nitrogens is 1. The van der Waals surface area contributed by atoms with Gasteiger partial charge in [-0.3, -0.25) is 4.90 Å². The lowest BCUT2D eigenvalue weighted by Crippen LogP contribution is -2.39. The van der Waals surface area contributed by atoms with Gasteiger partial charge in [-0.05, 0) is 30.2 Å². The third kappa shape index (κ3) is 4.56. The van der Waals surface area contributed by atoms with Crippen LogP contribution < -0.4 is 4.80 Å². The van der Waals surface area contributed by atoms with E-state index in [0.29, 0.717) is 0 Å². The third-order valence-corrected chi connectivity index (χ3v) is 5.70. The molecule has 3 aromatic rings. The van der Waals surface area contributed by atoms with Crippen LogP contribution in [0.25, 0.3) is 11.3 Å². The van der Waals surface area contributed by atoms with E-state index in [2.05, 4.69) is 76.4 Å². The Balaban J connectivity index is 1.69. The summed E-state index contributed by atoms with van der Waals surface area (Å²) in [5.74, 6) is 0. The summed E-state index contributed by atoms with van der Waals surface area (Å²) in [5, 5.41) is 2.23. The van der Waals surface area contributed by atoms with Gasteiger partial charge in [0.1, 0.15) is 0 Å². The van der Waals surface area contributed by atoms with Crippen molar-refractivity contribution < 1.29 is 4.74 Å². The molecule has 0 N–H and O–H groups in total. The van der Waals surface area contributed by atoms with Crippen LogP contribution in [0.3, 0.4) is 0 Å². The smallest absolute Gasteiger partial charge is 0.190 e. The molecule has 2 aromatic carbocycles. The molecule has 0 atom stereocenters. The molecule has 2 heterocycles. The van der Waals surface area contributed by atoms with Crippen LogP contribution in [-0.2, 0) is 11.3 Å². The quantitative estimate of drug-likeness (QED) is 0.668. The number of nitrogens with zero attached hydrogens (tertiary/aromatic N) is 3. The molecular formula is C22H25N3OS. The summed E-state index contributed by atoms with van der Waals surface area (Å²) in [7, 11) is 0. The molecule has 27 heavy (non-hydrogen) atoms. The van der Waals surface area contributed by atoms with Crippen molar-refractivity contribution in [2.75, 3.05) is 32.8 Å². The van der Waals surface area contributed by atoms with Crippen molar-refractivity contribution in [1.29, 1.82) is 0 Å². The first-order chi connectivity index (χ1) is 13.3. The summed E-state index contributed by atoms with van der Waals surface area (Å²) < 4.78 is 7.84. The highest BCUT2D eigenvalue weighted by Crippen LogP contribution is 2.21. The van der Waals surface area contributed by atoms with E-state index >= 15 is 0 Å². The lowest BCUT2D eigenvalue weighted by molar-refractivity contribution is 0.0363. The van der Waals surface area contributed by atoms with Gasteiger partial charge in [-0.1, -0.05) is 42.5 Å². The van der Waals surface area contributed by atoms with Crippen molar-refractivity contribution in [3.05, 3.63) is 70.3 Å². The predicted molar refractivity (Wildman–Crippen MR) is 111 cm³/mol. The van der Waals surface area contributed by atoms with Crippen molar-refractivity contribution in [2.45, 2.75) is 13.5 Å². The Hall–Kier alpha value is -2.21. The second-order valence-electron chi connectivity index (χ2n) is 6.83. The number of rotatable bonds is 5. The summed E-state index contributed by atoms with van der Waals surface area (Å²) in [6.07, 6.45) is 0. The van der Waals surface area contributed by atoms with Crippen LogP contribution in [0, 0.1) is 6.92 Å². The van der Waals surface area contributed by atoms with Gasteiger partial charge in [0.05, 0.1) is 24.6 Å². The molecular weight excluding hydrogens is 354 g/mol. The zero-order valence-electron chi connectivity index (χ0n) is 15.7. The van der Waals surface area contributed by atoms with Crippen LogP contribution in [0.15, 0.2) is 65.0 Å². The maximum Gasteiger partial charge on any atom is 0.190 e. The number of hydrogen-bond donors (Lipinski definition) is 0. The van der Waals surface area contributed by atoms with Gasteiger partial charge in [0, 0.05) is 31.6 Å². The molecule has 0 unspecified atom stereocenters. The number of thiazole rings is 1. The average Bonchev–Trinajstić information content (AvgIpc) is 3.10. The molecule has 4 nitrogen and oxygen atoms in total. The van der Waals surface area contributed by atoms with Crippen LogP contribution in [0.4, 0.5) is 5.69 Å². The maximum atomic E-state index is 5.48. The molecule has 0 bridgehead atoms. The largest absolute Gasteiger partial charge is 0.379 e. The van der Waals surface area contributed by atoms with Crippen LogP contribution in [0.2, 0.25) is 0 Å². The van der Waals surface area contributed by atoms with Gasteiger partial charge < -0.3 is 9.30 Å². The molecule has 1 aromatic heterocycles. The summed E-state index contributed by atoms with van der Waals surface area (Å²) >= 11 is 1.71. The summed E-state index contributed by atoms with van der Waals surface area (Å²) in [5.41, 5.74) is 4.72. The molecule has 0 aliphatic carbocycles. The third-order valence-electron chi connectivity index (χ3n) is 4.84. The predicted octanol–water partition coefficient (Wildman–Crippen LogP) is 4.09. The number of benzene rings is 2. The molecule has 0 spiro atoms. The zero-order valence-corrected chi connectivity index (χ0v) is 16.5. The van der Waals surface area contributed by atoms with Crippen molar-refractivity contribution in [3.63, 3.8) is 0 Å². The lowest BCUT2D eigenvalue weighted by atomic mass is 10.2. The Kier molecular flexibility index (Phi) is 5.82. The van der Waals surface area contributed by atoms with E-state index in [0.717, 1.165) is 49.9 Å². The second kappa shape index (κ2) is 8.65. The Labute approximate surface area is 164 Å². The lowest BCUT2D eigenvalue weighted by Gasteiger charge is -2.26. The van der Waals surface area contributed by atoms with Crippen LogP contribution in [0.5, 0.6) is 0 Å². The van der Waals surface area contributed by atoms with Crippen molar-refractivity contribution in [1.82, 2.24) is 9.47 Å². The van der Waals surface area contributed by atoms with Gasteiger partial charge in [0.2, 0.25) is 0 Å². The van der Waals surface area contributed by atoms with Crippen molar-refractivity contribution >= 4 is 17.0 Å². The van der Waals surface area contributed by atoms with E-state index in [-0.39, 0.29) is 0 Å². The molecule has 0 amide bonds. The van der Waals surface area contributed by atoms with Crippen LogP contribution in [0.1, 0.15) is 5.56 Å². The number of ether oxygens (including phenoxy) is 1. The van der Waals surface area contributed by atoms with E-state index in [9.17, 15) is 0 Å². The zero-order chi connectivity index (χ0) is 18.5. The van der Waals surface area contributed by atoms with E-state index in [1.807, 2.05) is 0 Å². The molecule has 1 fully saturated rings. The first-order valence-electron chi connectivity index (χ1n) is 9.45. The van der Waals surface area contributed by atoms with Crippen LogP contribution >= 0.6 is 11.3 Å². The topological polar surface area (TPSA) is 29.8 Å². The summed E-state index contributed by atoms with van der Waals surface area (Å²) in [6.45, 7) is 7.74. The minimum atomic E-state index is 0.834. The van der Waals surface area contributed by atoms with Gasteiger partial charge in [0.25, 0.3) is 0 Å². The molecule has 1 aliphatic rings. The molecule has 5 heteroatoms. The monoisotopic (exact) mass is 379 g/mol. The maximum absolute atomic E-state index is 5.48. The Morgan fingerprint density at radius 3 is 2.59 bits per heavy atom. The summed E-state index contributed by atoms with van der Waals surface area (Å²) in [4.78, 5) is 8.47. The Bertz CT molecular complexity index is 939. The molecule has 1 aliphatic heterocycles. The Morgan fingerprint density at radius 1 is 1.00 bits per heavy atom. The van der Waals surface area contributed by atoms with Crippen LogP contribution in [-0.4, -0.2) is 42.3 Å². The summed E-state index contributed by atoms with van der Waals surface area (Å²) in [6, 6.07) is 19.0. The number of morpholine rings is 1. The normalized spacial score (nSPS) is 16.0. The fourth-order valence-electron chi connectivity index (χ4n) is 3.35. The second-order valence-corrected chi connectivity index (χ2v) is 7.66. The number of hydrogen-bond acceptors (Lipinski definition) is 4. The minimum Gasteiger partial charge on any atom is -0.379 e. The highest BCUT2D eigenvalue weighted by molar-refractivity contribution is 7.07. The van der Waals surface area contributed by atoms with Gasteiger partial charge in [0.15, 0.2) is 4.80 Å². The molecule has 0 radical (unpaired) electrons. The van der Waals surface area contributed by atoms with Crippen molar-refractivity contribution in [3.8, 4) is 11.3 Å². The highest BCUT2D eigenvalue weighted by Gasteiger charge is 2.13. The minimum absolute atomic E-state index is 0.834. The fraction of sp³-hybridized carbons (Fsp3) is 0.318. The fourth-order valence-corrected chi connectivity index (χ4v) is 4.30. The van der Waals surface area contributed by atoms with E-state index in [1.54, 1.807) is 11.3 Å². The van der Waals surface area contributed by atoms with Gasteiger partial charge in [-0.25, -0.2) is 4.99 Å². The highest BCUT2D eigenvalue weighted by atomic mass is 32.1. The Morgan fingerprint density at radius 2 is 1.81 bits per heavy atom. The van der Waals surface area contributed by atoms with E-state index in [1.165, 1.54) is 16.8 Å². The van der Waals surface area contributed by atoms with Gasteiger partial charge in [-0.2, -0.15) is 0 Å². The first-order valence-corrected chi connectivity index (χ1v) is 10.3. The van der Waals surface area contributed by atoms with Gasteiger partial charge >= 0.3 is 0 Å². The van der Waals surface area contributed by atoms with Gasteiger partial charge in [-0.15, -0.1) is 11.3 Å². The molecule has 1 saturated heterocycles. The molecule has 140 valence electrons. The van der Waals surface area contributed by atoms with E-state index in [4.69, 9.17) is 9.73 Å². The standard InChI is InChI=1S/C22H25N3OS/c1-18-6-5-9-20(16-18)23-22-25(11-10-24-12-14-26-15-13-24)21(17-27-22)19-7-3-2-4-8-19/h2-9,16-17H,10-15H2,1H3.